The molecule has 0 aromatic heterocycles. The molecule has 2 atom stereocenters. The van der Waals surface area contributed by atoms with Crippen molar-refractivity contribution in [2.75, 3.05) is 27.3 Å². The number of rotatable bonds is 7. The summed E-state index contributed by atoms with van der Waals surface area (Å²) < 4.78 is 23.9. The highest BCUT2D eigenvalue weighted by Crippen LogP contribution is 2.36. The molecule has 156 valence electrons. The van der Waals surface area contributed by atoms with Gasteiger partial charge in [-0.1, -0.05) is 18.2 Å². The predicted octanol–water partition coefficient (Wildman–Crippen LogP) is 2.72. The first-order valence-electron chi connectivity index (χ1n) is 9.47. The van der Waals surface area contributed by atoms with Gasteiger partial charge >= 0.3 is 5.97 Å². The highest BCUT2D eigenvalue weighted by atomic mass is 19.1. The van der Waals surface area contributed by atoms with E-state index in [-0.39, 0.29) is 18.7 Å². The largest absolute Gasteiger partial charge is 0.497 e. The van der Waals surface area contributed by atoms with Gasteiger partial charge in [-0.2, -0.15) is 0 Å². The Morgan fingerprint density at radius 2 is 2.00 bits per heavy atom. The Morgan fingerprint density at radius 3 is 2.69 bits per heavy atom. The number of aliphatic carboxylic acids is 1. The second-order valence-corrected chi connectivity index (χ2v) is 7.47. The van der Waals surface area contributed by atoms with Crippen molar-refractivity contribution in [3.63, 3.8) is 0 Å². The molecule has 0 saturated carbocycles. The molecule has 1 aliphatic rings. The van der Waals surface area contributed by atoms with Crippen LogP contribution in [0.3, 0.4) is 0 Å². The van der Waals surface area contributed by atoms with Gasteiger partial charge in [0.25, 0.3) is 0 Å². The Bertz CT molecular complexity index is 874. The summed E-state index contributed by atoms with van der Waals surface area (Å²) in [4.78, 5) is 14.3. The number of carboxylic acids is 1. The van der Waals surface area contributed by atoms with Gasteiger partial charge in [-0.3, -0.25) is 9.69 Å². The third-order valence-corrected chi connectivity index (χ3v) is 5.56. The van der Waals surface area contributed by atoms with Crippen LogP contribution in [0, 0.1) is 11.2 Å². The van der Waals surface area contributed by atoms with Crippen LogP contribution in [0.2, 0.25) is 0 Å². The van der Waals surface area contributed by atoms with Gasteiger partial charge in [0.1, 0.15) is 11.2 Å². The number of aliphatic hydroxyl groups excluding tert-OH is 1. The standard InChI is InChI=1S/C22H26FNO5/c1-28-17-5-3-4-15(10-17)12-22(21(26)27)14-24(9-8-20(22)25)13-16-6-7-18(23)19(11-16)29-2/h3-7,10-11,20,25H,8-9,12-14H2,1-2H3,(H,26,27)/t20-,22+/m0/s1. The SMILES string of the molecule is COc1cccc(C[C@@]2(C(=O)O)CN(Cc3ccc(F)c(OC)c3)CC[C@@H]2O)c1. The summed E-state index contributed by atoms with van der Waals surface area (Å²) in [6.45, 7) is 1.17. The molecule has 1 heterocycles. The summed E-state index contributed by atoms with van der Waals surface area (Å²) >= 11 is 0. The number of halogens is 1. The van der Waals surface area contributed by atoms with Crippen LogP contribution in [-0.2, 0) is 17.8 Å². The van der Waals surface area contributed by atoms with Crippen LogP contribution in [0.1, 0.15) is 17.5 Å². The molecule has 0 unspecified atom stereocenters. The topological polar surface area (TPSA) is 79.2 Å². The number of benzene rings is 2. The predicted molar refractivity (Wildman–Crippen MR) is 106 cm³/mol. The van der Waals surface area contributed by atoms with Gasteiger partial charge in [0.2, 0.25) is 0 Å². The summed E-state index contributed by atoms with van der Waals surface area (Å²) in [5, 5.41) is 20.7. The van der Waals surface area contributed by atoms with Gasteiger partial charge in [0.15, 0.2) is 11.6 Å². The molecule has 3 rings (SSSR count). The number of likely N-dealkylation sites (tertiary alicyclic amines) is 1. The quantitative estimate of drug-likeness (QED) is 0.740. The van der Waals surface area contributed by atoms with Crippen molar-refractivity contribution in [1.29, 1.82) is 0 Å². The van der Waals surface area contributed by atoms with E-state index in [1.165, 1.54) is 13.2 Å². The summed E-state index contributed by atoms with van der Waals surface area (Å²) in [7, 11) is 2.96. The average Bonchev–Trinajstić information content (AvgIpc) is 2.71. The summed E-state index contributed by atoms with van der Waals surface area (Å²) in [5.74, 6) is -0.679. The van der Waals surface area contributed by atoms with Crippen LogP contribution < -0.4 is 9.47 Å². The zero-order valence-corrected chi connectivity index (χ0v) is 16.6. The molecule has 29 heavy (non-hydrogen) atoms. The molecular formula is C22H26FNO5. The molecule has 6 nitrogen and oxygen atoms in total. The average molecular weight is 403 g/mol. The fraction of sp³-hybridized carbons (Fsp3) is 0.409. The second kappa shape index (κ2) is 8.80. The normalized spacial score (nSPS) is 22.3. The van der Waals surface area contributed by atoms with Gasteiger partial charge in [-0.15, -0.1) is 0 Å². The number of piperidine rings is 1. The van der Waals surface area contributed by atoms with Crippen molar-refractivity contribution in [3.8, 4) is 11.5 Å². The lowest BCUT2D eigenvalue weighted by atomic mass is 9.72. The molecule has 7 heteroatoms. The zero-order chi connectivity index (χ0) is 21.0. The van der Waals surface area contributed by atoms with E-state index in [0.717, 1.165) is 11.1 Å². The van der Waals surface area contributed by atoms with Crippen LogP contribution in [0.15, 0.2) is 42.5 Å². The van der Waals surface area contributed by atoms with E-state index in [1.54, 1.807) is 31.4 Å². The molecule has 1 aliphatic heterocycles. The lowest BCUT2D eigenvalue weighted by Crippen LogP contribution is -2.56. The van der Waals surface area contributed by atoms with Crippen LogP contribution in [0.25, 0.3) is 0 Å². The fourth-order valence-electron chi connectivity index (χ4n) is 3.97. The minimum Gasteiger partial charge on any atom is -0.497 e. The first-order chi connectivity index (χ1) is 13.9. The molecule has 0 bridgehead atoms. The van der Waals surface area contributed by atoms with Crippen LogP contribution in [-0.4, -0.2) is 54.5 Å². The molecule has 0 amide bonds. The maximum atomic E-state index is 13.7. The van der Waals surface area contributed by atoms with E-state index in [0.29, 0.717) is 25.3 Å². The highest BCUT2D eigenvalue weighted by Gasteiger charge is 2.49. The first-order valence-corrected chi connectivity index (χ1v) is 9.47. The number of carboxylic acid groups (broad SMARTS) is 1. The number of hydrogen-bond donors (Lipinski definition) is 2. The number of nitrogens with zero attached hydrogens (tertiary/aromatic N) is 1. The highest BCUT2D eigenvalue weighted by molar-refractivity contribution is 5.76. The van der Waals surface area contributed by atoms with E-state index in [9.17, 15) is 19.4 Å². The molecule has 2 N–H and O–H groups in total. The fourth-order valence-corrected chi connectivity index (χ4v) is 3.97. The lowest BCUT2D eigenvalue weighted by Gasteiger charge is -2.43. The van der Waals surface area contributed by atoms with Crippen molar-refractivity contribution in [2.45, 2.75) is 25.5 Å². The van der Waals surface area contributed by atoms with E-state index < -0.39 is 23.3 Å². The van der Waals surface area contributed by atoms with Gasteiger partial charge in [-0.05, 0) is 48.2 Å². The Labute approximate surface area is 169 Å². The van der Waals surface area contributed by atoms with Crippen molar-refractivity contribution < 1.29 is 28.9 Å². The van der Waals surface area contributed by atoms with Crippen LogP contribution in [0.5, 0.6) is 11.5 Å². The van der Waals surface area contributed by atoms with Gasteiger partial charge < -0.3 is 19.7 Å². The maximum absolute atomic E-state index is 13.7. The molecule has 2 aromatic carbocycles. The van der Waals surface area contributed by atoms with Gasteiger partial charge in [0, 0.05) is 19.6 Å². The van der Waals surface area contributed by atoms with Crippen LogP contribution in [0.4, 0.5) is 4.39 Å². The Kier molecular flexibility index (Phi) is 6.39. The molecular weight excluding hydrogens is 377 g/mol. The zero-order valence-electron chi connectivity index (χ0n) is 16.6. The van der Waals surface area contributed by atoms with E-state index in [4.69, 9.17) is 9.47 Å². The smallest absolute Gasteiger partial charge is 0.313 e. The Balaban J connectivity index is 1.83. The molecule has 1 fully saturated rings. The Hall–Kier alpha value is -2.64. The first kappa shape index (κ1) is 21.1. The number of ether oxygens (including phenoxy) is 2. The second-order valence-electron chi connectivity index (χ2n) is 7.47. The van der Waals surface area contributed by atoms with Crippen LogP contribution >= 0.6 is 0 Å². The molecule has 2 aromatic rings. The molecule has 1 saturated heterocycles. The summed E-state index contributed by atoms with van der Waals surface area (Å²) in [5.41, 5.74) is 0.269. The third kappa shape index (κ3) is 4.52. The monoisotopic (exact) mass is 403 g/mol. The van der Waals surface area contributed by atoms with Crippen molar-refractivity contribution in [2.24, 2.45) is 5.41 Å². The van der Waals surface area contributed by atoms with Crippen molar-refractivity contribution in [1.82, 2.24) is 4.90 Å². The molecule has 0 aliphatic carbocycles. The number of aliphatic hydroxyl groups is 1. The van der Waals surface area contributed by atoms with Gasteiger partial charge in [0.05, 0.1) is 20.3 Å². The number of methoxy groups -OCH3 is 2. The molecule has 0 radical (unpaired) electrons. The number of carbonyl (C=O) groups is 1. The minimum atomic E-state index is -1.34. The third-order valence-electron chi connectivity index (χ3n) is 5.56. The van der Waals surface area contributed by atoms with Crippen molar-refractivity contribution in [3.05, 3.63) is 59.4 Å². The minimum absolute atomic E-state index is 0.153. The molecule has 0 spiro atoms. The van der Waals surface area contributed by atoms with Crippen molar-refractivity contribution >= 4 is 5.97 Å². The Morgan fingerprint density at radius 1 is 1.21 bits per heavy atom. The van der Waals surface area contributed by atoms with Gasteiger partial charge in [-0.25, -0.2) is 4.39 Å². The lowest BCUT2D eigenvalue weighted by molar-refractivity contribution is -0.163. The maximum Gasteiger partial charge on any atom is 0.313 e. The number of hydrogen-bond acceptors (Lipinski definition) is 5. The summed E-state index contributed by atoms with van der Waals surface area (Å²) in [6.07, 6.45) is -0.441. The van der Waals surface area contributed by atoms with E-state index >= 15 is 0 Å². The summed E-state index contributed by atoms with van der Waals surface area (Å²) in [6, 6.07) is 11.8. The van der Waals surface area contributed by atoms with E-state index in [1.807, 2.05) is 17.0 Å². The van der Waals surface area contributed by atoms with E-state index in [2.05, 4.69) is 0 Å².